The molecule has 5 nitrogen and oxygen atoms in total. The molecule has 0 unspecified atom stereocenters. The molecule has 0 aliphatic heterocycles. The topological polar surface area (TPSA) is 88.5 Å². The molecule has 0 atom stereocenters. The van der Waals surface area contributed by atoms with Gasteiger partial charge in [0, 0.05) is 4.90 Å². The summed E-state index contributed by atoms with van der Waals surface area (Å²) in [5.41, 5.74) is 2.41. The van der Waals surface area contributed by atoms with Gasteiger partial charge in [-0.2, -0.15) is 0 Å². The second kappa shape index (κ2) is 5.61. The van der Waals surface area contributed by atoms with Crippen molar-refractivity contribution in [1.82, 2.24) is 5.43 Å². The smallest absolute Gasteiger partial charge is 0.268 e. The van der Waals surface area contributed by atoms with E-state index in [0.717, 1.165) is 4.90 Å². The Morgan fingerprint density at radius 2 is 2.22 bits per heavy atom. The monoisotopic (exact) mass is 264 g/mol. The third-order valence-corrected chi connectivity index (χ3v) is 3.37. The van der Waals surface area contributed by atoms with Crippen LogP contribution in [-0.4, -0.2) is 11.0 Å². The largest absolute Gasteiger partial charge is 0.507 e. The van der Waals surface area contributed by atoms with Gasteiger partial charge in [-0.1, -0.05) is 12.1 Å². The number of furan rings is 1. The number of thioether (sulfide) groups is 1. The number of rotatable bonds is 4. The standard InChI is InChI=1S/C12H12N2O3S/c13-14-12(16)8-5-9(17-6-8)7-18-11-4-2-1-3-10(11)15/h1-6,15H,7,13H2,(H,14,16). The molecule has 0 bridgehead atoms. The zero-order valence-corrected chi connectivity index (χ0v) is 10.2. The summed E-state index contributed by atoms with van der Waals surface area (Å²) in [5, 5.41) is 9.59. The summed E-state index contributed by atoms with van der Waals surface area (Å²) in [6.07, 6.45) is 1.35. The fourth-order valence-corrected chi connectivity index (χ4v) is 2.23. The van der Waals surface area contributed by atoms with Crippen molar-refractivity contribution in [3.63, 3.8) is 0 Å². The second-order valence-electron chi connectivity index (χ2n) is 3.53. The lowest BCUT2D eigenvalue weighted by atomic mass is 10.3. The molecule has 1 aromatic carbocycles. The summed E-state index contributed by atoms with van der Waals surface area (Å²) in [4.78, 5) is 12.0. The van der Waals surface area contributed by atoms with Crippen LogP contribution in [0.2, 0.25) is 0 Å². The van der Waals surface area contributed by atoms with Crippen molar-refractivity contribution in [2.24, 2.45) is 5.84 Å². The zero-order valence-electron chi connectivity index (χ0n) is 9.42. The van der Waals surface area contributed by atoms with Crippen molar-refractivity contribution in [3.05, 3.63) is 47.9 Å². The molecule has 2 aromatic rings. The van der Waals surface area contributed by atoms with Gasteiger partial charge in [0.1, 0.15) is 17.8 Å². The minimum Gasteiger partial charge on any atom is -0.507 e. The van der Waals surface area contributed by atoms with E-state index in [4.69, 9.17) is 10.3 Å². The fraction of sp³-hybridized carbons (Fsp3) is 0.0833. The fourth-order valence-electron chi connectivity index (χ4n) is 1.39. The SMILES string of the molecule is NNC(=O)c1coc(CSc2ccccc2O)c1. The first kappa shape index (κ1) is 12.5. The summed E-state index contributed by atoms with van der Waals surface area (Å²) < 4.78 is 5.23. The van der Waals surface area contributed by atoms with Crippen LogP contribution in [0.15, 0.2) is 45.9 Å². The number of benzene rings is 1. The Morgan fingerprint density at radius 1 is 1.44 bits per heavy atom. The van der Waals surface area contributed by atoms with Crippen molar-refractivity contribution in [1.29, 1.82) is 0 Å². The predicted molar refractivity (Wildman–Crippen MR) is 68.0 cm³/mol. The number of carbonyl (C=O) groups is 1. The van der Waals surface area contributed by atoms with E-state index in [1.165, 1.54) is 18.0 Å². The van der Waals surface area contributed by atoms with E-state index in [1.54, 1.807) is 18.2 Å². The second-order valence-corrected chi connectivity index (χ2v) is 4.55. The van der Waals surface area contributed by atoms with E-state index in [1.807, 2.05) is 17.6 Å². The quantitative estimate of drug-likeness (QED) is 0.339. The summed E-state index contributed by atoms with van der Waals surface area (Å²) in [6, 6.07) is 8.66. The third-order valence-electron chi connectivity index (χ3n) is 2.28. The number of hydrazine groups is 1. The highest BCUT2D eigenvalue weighted by Crippen LogP contribution is 2.30. The van der Waals surface area contributed by atoms with Crippen molar-refractivity contribution in [2.45, 2.75) is 10.6 Å². The van der Waals surface area contributed by atoms with Crippen LogP contribution >= 0.6 is 11.8 Å². The highest BCUT2D eigenvalue weighted by molar-refractivity contribution is 7.98. The molecular weight excluding hydrogens is 252 g/mol. The Hall–Kier alpha value is -1.92. The molecule has 6 heteroatoms. The number of para-hydroxylation sites is 1. The van der Waals surface area contributed by atoms with Gasteiger partial charge >= 0.3 is 0 Å². The molecular formula is C12H12N2O3S. The van der Waals surface area contributed by atoms with Gasteiger partial charge in [0.05, 0.1) is 11.3 Å². The number of nitrogen functional groups attached to an aromatic ring is 1. The number of phenolic OH excluding ortho intramolecular Hbond substituents is 1. The van der Waals surface area contributed by atoms with Crippen LogP contribution < -0.4 is 11.3 Å². The first-order chi connectivity index (χ1) is 8.70. The molecule has 1 heterocycles. The summed E-state index contributed by atoms with van der Waals surface area (Å²) in [7, 11) is 0. The number of carbonyl (C=O) groups excluding carboxylic acids is 1. The number of nitrogens with one attached hydrogen (secondary N) is 1. The maximum atomic E-state index is 11.2. The summed E-state index contributed by atoms with van der Waals surface area (Å²) in [6.45, 7) is 0. The van der Waals surface area contributed by atoms with Crippen LogP contribution in [0.4, 0.5) is 0 Å². The minimum atomic E-state index is -0.391. The van der Waals surface area contributed by atoms with E-state index < -0.39 is 5.91 Å². The van der Waals surface area contributed by atoms with Gasteiger partial charge in [0.25, 0.3) is 5.91 Å². The van der Waals surface area contributed by atoms with Gasteiger partial charge in [0.2, 0.25) is 0 Å². The molecule has 0 saturated carbocycles. The first-order valence-corrected chi connectivity index (χ1v) is 6.18. The highest BCUT2D eigenvalue weighted by atomic mass is 32.2. The van der Waals surface area contributed by atoms with Crippen LogP contribution in [0.5, 0.6) is 5.75 Å². The lowest BCUT2D eigenvalue weighted by Crippen LogP contribution is -2.29. The number of aromatic hydroxyl groups is 1. The van der Waals surface area contributed by atoms with Crippen molar-refractivity contribution >= 4 is 17.7 Å². The molecule has 0 fully saturated rings. The Morgan fingerprint density at radius 3 is 2.94 bits per heavy atom. The molecule has 0 radical (unpaired) electrons. The van der Waals surface area contributed by atoms with Crippen LogP contribution in [0, 0.1) is 0 Å². The Bertz CT molecular complexity index is 554. The Balaban J connectivity index is 2.01. The maximum Gasteiger partial charge on any atom is 0.268 e. The Kier molecular flexibility index (Phi) is 3.91. The van der Waals surface area contributed by atoms with Crippen LogP contribution in [0.25, 0.3) is 0 Å². The van der Waals surface area contributed by atoms with Crippen LogP contribution in [0.1, 0.15) is 16.1 Å². The zero-order chi connectivity index (χ0) is 13.0. The molecule has 0 saturated heterocycles. The van der Waals surface area contributed by atoms with Crippen molar-refractivity contribution < 1.29 is 14.3 Å². The number of nitrogens with two attached hydrogens (primary N) is 1. The average Bonchev–Trinajstić information content (AvgIpc) is 2.86. The van der Waals surface area contributed by atoms with Gasteiger partial charge in [-0.3, -0.25) is 10.2 Å². The van der Waals surface area contributed by atoms with E-state index in [2.05, 4.69) is 0 Å². The lowest BCUT2D eigenvalue weighted by Gasteiger charge is -2.01. The van der Waals surface area contributed by atoms with Gasteiger partial charge in [-0.15, -0.1) is 11.8 Å². The summed E-state index contributed by atoms with van der Waals surface area (Å²) >= 11 is 1.43. The van der Waals surface area contributed by atoms with E-state index in [9.17, 15) is 9.90 Å². The molecule has 2 rings (SSSR count). The lowest BCUT2D eigenvalue weighted by molar-refractivity contribution is 0.0953. The molecule has 1 aromatic heterocycles. The van der Waals surface area contributed by atoms with Crippen LogP contribution in [0.3, 0.4) is 0 Å². The average molecular weight is 264 g/mol. The highest BCUT2D eigenvalue weighted by Gasteiger charge is 2.09. The molecule has 94 valence electrons. The number of hydrogen-bond acceptors (Lipinski definition) is 5. The number of hydrogen-bond donors (Lipinski definition) is 3. The Labute approximate surface area is 108 Å². The molecule has 0 spiro atoms. The first-order valence-electron chi connectivity index (χ1n) is 5.20. The maximum absolute atomic E-state index is 11.2. The minimum absolute atomic E-state index is 0.231. The van der Waals surface area contributed by atoms with Gasteiger partial charge < -0.3 is 9.52 Å². The van der Waals surface area contributed by atoms with E-state index in [0.29, 0.717) is 17.1 Å². The van der Waals surface area contributed by atoms with Crippen LogP contribution in [-0.2, 0) is 5.75 Å². The van der Waals surface area contributed by atoms with Gasteiger partial charge in [-0.05, 0) is 18.2 Å². The normalized spacial score (nSPS) is 10.3. The molecule has 0 aliphatic carbocycles. The van der Waals surface area contributed by atoms with Gasteiger partial charge in [0.15, 0.2) is 0 Å². The molecule has 18 heavy (non-hydrogen) atoms. The molecule has 0 aliphatic rings. The van der Waals surface area contributed by atoms with Crippen molar-refractivity contribution in [2.75, 3.05) is 0 Å². The molecule has 1 amide bonds. The molecule has 4 N–H and O–H groups in total. The van der Waals surface area contributed by atoms with Gasteiger partial charge in [-0.25, -0.2) is 5.84 Å². The summed E-state index contributed by atoms with van der Waals surface area (Å²) in [5.74, 6) is 6.02. The van der Waals surface area contributed by atoms with E-state index >= 15 is 0 Å². The predicted octanol–water partition coefficient (Wildman–Crippen LogP) is 1.88. The van der Waals surface area contributed by atoms with Crippen molar-refractivity contribution in [3.8, 4) is 5.75 Å². The van der Waals surface area contributed by atoms with E-state index in [-0.39, 0.29) is 5.75 Å². The number of phenols is 1. The number of amides is 1. The third kappa shape index (κ3) is 2.85.